The molecule has 8 heteroatoms. The number of aromatic nitrogens is 4. The fourth-order valence-electron chi connectivity index (χ4n) is 3.28. The zero-order valence-corrected chi connectivity index (χ0v) is 16.1. The van der Waals surface area contributed by atoms with Crippen LogP contribution in [0, 0.1) is 0 Å². The molecule has 4 rings (SSSR count). The summed E-state index contributed by atoms with van der Waals surface area (Å²) in [6, 6.07) is 13.8. The van der Waals surface area contributed by atoms with E-state index in [9.17, 15) is 4.79 Å². The lowest BCUT2D eigenvalue weighted by atomic mass is 10.1. The lowest BCUT2D eigenvalue weighted by Crippen LogP contribution is -2.49. The summed E-state index contributed by atoms with van der Waals surface area (Å²) in [4.78, 5) is 33.7. The standard InChI is InChI=1S/C21H23N7O/c29-20(27-11-13-28(14-12-27)21-23-8-4-9-24-21)18-15-19(26-16-25-18)22-10-7-17-5-2-1-3-6-17/h1-6,8-9,15-16H,7,10-14H2,(H,22,25,26). The molecule has 1 N–H and O–H groups in total. The fraction of sp³-hybridized carbons (Fsp3) is 0.286. The minimum absolute atomic E-state index is 0.0767. The van der Waals surface area contributed by atoms with Gasteiger partial charge in [-0.3, -0.25) is 4.79 Å². The van der Waals surface area contributed by atoms with Crippen LogP contribution in [0.3, 0.4) is 0 Å². The van der Waals surface area contributed by atoms with Crippen LogP contribution < -0.4 is 10.2 Å². The molecule has 1 aromatic carbocycles. The predicted molar refractivity (Wildman–Crippen MR) is 111 cm³/mol. The Kier molecular flexibility index (Phi) is 5.89. The molecule has 0 radical (unpaired) electrons. The number of anilines is 2. The summed E-state index contributed by atoms with van der Waals surface area (Å²) in [7, 11) is 0. The van der Waals surface area contributed by atoms with E-state index in [1.54, 1.807) is 24.5 Å². The van der Waals surface area contributed by atoms with Crippen molar-refractivity contribution in [1.29, 1.82) is 0 Å². The van der Waals surface area contributed by atoms with Gasteiger partial charge in [0.2, 0.25) is 5.95 Å². The normalized spacial score (nSPS) is 13.9. The van der Waals surface area contributed by atoms with Crippen LogP contribution in [0.15, 0.2) is 61.2 Å². The van der Waals surface area contributed by atoms with Crippen molar-refractivity contribution < 1.29 is 4.79 Å². The number of carbonyl (C=O) groups excluding carboxylic acids is 1. The van der Waals surface area contributed by atoms with Crippen molar-refractivity contribution >= 4 is 17.7 Å². The molecule has 3 aromatic rings. The molecule has 0 saturated carbocycles. The Balaban J connectivity index is 1.31. The minimum Gasteiger partial charge on any atom is -0.370 e. The Hall–Kier alpha value is -3.55. The number of amides is 1. The number of hydrogen-bond acceptors (Lipinski definition) is 7. The number of piperazine rings is 1. The van der Waals surface area contributed by atoms with E-state index in [0.717, 1.165) is 13.0 Å². The van der Waals surface area contributed by atoms with Crippen molar-refractivity contribution in [2.45, 2.75) is 6.42 Å². The van der Waals surface area contributed by atoms with Crippen LogP contribution in [-0.2, 0) is 6.42 Å². The molecular formula is C21H23N7O. The zero-order chi connectivity index (χ0) is 19.9. The van der Waals surface area contributed by atoms with Gasteiger partial charge in [-0.2, -0.15) is 0 Å². The third kappa shape index (κ3) is 4.84. The second kappa shape index (κ2) is 9.09. The molecule has 0 unspecified atom stereocenters. The maximum atomic E-state index is 12.8. The smallest absolute Gasteiger partial charge is 0.272 e. The van der Waals surface area contributed by atoms with Crippen molar-refractivity contribution in [2.75, 3.05) is 42.9 Å². The van der Waals surface area contributed by atoms with Gasteiger partial charge in [-0.25, -0.2) is 19.9 Å². The maximum absolute atomic E-state index is 12.8. The molecule has 1 fully saturated rings. The first kappa shape index (κ1) is 18.8. The van der Waals surface area contributed by atoms with Gasteiger partial charge in [0, 0.05) is 51.2 Å². The topological polar surface area (TPSA) is 87.1 Å². The van der Waals surface area contributed by atoms with Crippen molar-refractivity contribution in [3.8, 4) is 0 Å². The number of rotatable bonds is 6. The average Bonchev–Trinajstić information content (AvgIpc) is 2.80. The van der Waals surface area contributed by atoms with Crippen molar-refractivity contribution in [3.05, 3.63) is 72.4 Å². The van der Waals surface area contributed by atoms with E-state index in [1.165, 1.54) is 11.9 Å². The average molecular weight is 389 g/mol. The van der Waals surface area contributed by atoms with E-state index in [-0.39, 0.29) is 5.91 Å². The molecule has 2 aromatic heterocycles. The van der Waals surface area contributed by atoms with Crippen LogP contribution in [-0.4, -0.2) is 63.5 Å². The van der Waals surface area contributed by atoms with Crippen molar-refractivity contribution in [2.24, 2.45) is 0 Å². The highest BCUT2D eigenvalue weighted by molar-refractivity contribution is 5.93. The Labute approximate surface area is 169 Å². The number of hydrogen-bond donors (Lipinski definition) is 1. The van der Waals surface area contributed by atoms with Crippen LogP contribution >= 0.6 is 0 Å². The number of benzene rings is 1. The fourth-order valence-corrected chi connectivity index (χ4v) is 3.28. The van der Waals surface area contributed by atoms with Gasteiger partial charge in [0.05, 0.1) is 0 Å². The van der Waals surface area contributed by atoms with Gasteiger partial charge in [-0.1, -0.05) is 30.3 Å². The van der Waals surface area contributed by atoms with E-state index in [1.807, 2.05) is 23.1 Å². The van der Waals surface area contributed by atoms with Gasteiger partial charge < -0.3 is 15.1 Å². The van der Waals surface area contributed by atoms with E-state index in [0.29, 0.717) is 43.6 Å². The van der Waals surface area contributed by atoms with Gasteiger partial charge in [0.15, 0.2) is 0 Å². The second-order valence-corrected chi connectivity index (χ2v) is 6.78. The molecule has 0 spiro atoms. The number of nitrogens with one attached hydrogen (secondary N) is 1. The summed E-state index contributed by atoms with van der Waals surface area (Å²) < 4.78 is 0. The molecule has 1 amide bonds. The summed E-state index contributed by atoms with van der Waals surface area (Å²) >= 11 is 0. The molecule has 29 heavy (non-hydrogen) atoms. The quantitative estimate of drug-likeness (QED) is 0.689. The molecule has 1 aliphatic rings. The third-order valence-corrected chi connectivity index (χ3v) is 4.85. The van der Waals surface area contributed by atoms with Crippen molar-refractivity contribution in [3.63, 3.8) is 0 Å². The molecule has 0 atom stereocenters. The van der Waals surface area contributed by atoms with Gasteiger partial charge in [-0.15, -0.1) is 0 Å². The summed E-state index contributed by atoms with van der Waals surface area (Å²) in [5.41, 5.74) is 1.66. The molecule has 1 aliphatic heterocycles. The van der Waals surface area contributed by atoms with E-state index >= 15 is 0 Å². The Morgan fingerprint density at radius 1 is 0.931 bits per heavy atom. The molecule has 0 bridgehead atoms. The molecule has 8 nitrogen and oxygen atoms in total. The SMILES string of the molecule is O=C(c1cc(NCCc2ccccc2)ncn1)N1CCN(c2ncccn2)CC1. The van der Waals surface area contributed by atoms with Crippen LogP contribution in [0.5, 0.6) is 0 Å². The monoisotopic (exact) mass is 389 g/mol. The van der Waals surface area contributed by atoms with Gasteiger partial charge in [0.25, 0.3) is 5.91 Å². The van der Waals surface area contributed by atoms with Crippen molar-refractivity contribution in [1.82, 2.24) is 24.8 Å². The van der Waals surface area contributed by atoms with Gasteiger partial charge in [-0.05, 0) is 18.1 Å². The molecule has 3 heterocycles. The van der Waals surface area contributed by atoms with Gasteiger partial charge in [0.1, 0.15) is 17.8 Å². The maximum Gasteiger partial charge on any atom is 0.272 e. The summed E-state index contributed by atoms with van der Waals surface area (Å²) in [6.07, 6.45) is 5.78. The highest BCUT2D eigenvalue weighted by Gasteiger charge is 2.24. The summed E-state index contributed by atoms with van der Waals surface area (Å²) in [5, 5.41) is 3.27. The van der Waals surface area contributed by atoms with E-state index in [4.69, 9.17) is 0 Å². The Bertz CT molecular complexity index is 928. The Morgan fingerprint density at radius 2 is 1.69 bits per heavy atom. The lowest BCUT2D eigenvalue weighted by molar-refractivity contribution is 0.0740. The van der Waals surface area contributed by atoms with Crippen LogP contribution in [0.25, 0.3) is 0 Å². The van der Waals surface area contributed by atoms with E-state index < -0.39 is 0 Å². The molecule has 1 saturated heterocycles. The largest absolute Gasteiger partial charge is 0.370 e. The molecular weight excluding hydrogens is 366 g/mol. The van der Waals surface area contributed by atoms with E-state index in [2.05, 4.69) is 42.3 Å². The first-order chi connectivity index (χ1) is 14.3. The zero-order valence-electron chi connectivity index (χ0n) is 16.1. The van der Waals surface area contributed by atoms with Crippen LogP contribution in [0.4, 0.5) is 11.8 Å². The lowest BCUT2D eigenvalue weighted by Gasteiger charge is -2.34. The number of nitrogens with zero attached hydrogens (tertiary/aromatic N) is 6. The highest BCUT2D eigenvalue weighted by atomic mass is 16.2. The number of carbonyl (C=O) groups is 1. The summed E-state index contributed by atoms with van der Waals surface area (Å²) in [6.45, 7) is 3.35. The second-order valence-electron chi connectivity index (χ2n) is 6.78. The molecule has 148 valence electrons. The predicted octanol–water partition coefficient (Wildman–Crippen LogP) is 1.88. The minimum atomic E-state index is -0.0767. The highest BCUT2D eigenvalue weighted by Crippen LogP contribution is 2.13. The Morgan fingerprint density at radius 3 is 2.45 bits per heavy atom. The van der Waals surface area contributed by atoms with Crippen LogP contribution in [0.1, 0.15) is 16.1 Å². The third-order valence-electron chi connectivity index (χ3n) is 4.85. The van der Waals surface area contributed by atoms with Gasteiger partial charge >= 0.3 is 0 Å². The first-order valence-corrected chi connectivity index (χ1v) is 9.71. The van der Waals surface area contributed by atoms with Crippen LogP contribution in [0.2, 0.25) is 0 Å². The summed E-state index contributed by atoms with van der Waals surface area (Å²) in [5.74, 6) is 1.29. The molecule has 0 aliphatic carbocycles. The first-order valence-electron chi connectivity index (χ1n) is 9.71.